The van der Waals surface area contributed by atoms with Crippen molar-refractivity contribution in [2.45, 2.75) is 6.92 Å². The lowest BCUT2D eigenvalue weighted by molar-refractivity contribution is 0.0967. The summed E-state index contributed by atoms with van der Waals surface area (Å²) in [6.45, 7) is 1.84. The van der Waals surface area contributed by atoms with Crippen LogP contribution in [0.1, 0.15) is 15.9 Å². The highest BCUT2D eigenvalue weighted by molar-refractivity contribution is 14.1. The van der Waals surface area contributed by atoms with Gasteiger partial charge < -0.3 is 15.0 Å². The Kier molecular flexibility index (Phi) is 6.83. The first-order valence-electron chi connectivity index (χ1n) is 8.98. The van der Waals surface area contributed by atoms with Gasteiger partial charge in [0.25, 0.3) is 5.91 Å². The lowest BCUT2D eigenvalue weighted by Gasteiger charge is -2.16. The zero-order valence-electron chi connectivity index (χ0n) is 16.6. The van der Waals surface area contributed by atoms with Crippen LogP contribution in [0.4, 0.5) is 16.2 Å². The number of amides is 3. The third-order valence-corrected chi connectivity index (χ3v) is 4.65. The highest BCUT2D eigenvalue weighted by atomic mass is 127. The number of hydrogen-bond acceptors (Lipinski definition) is 6. The average Bonchev–Trinajstić information content (AvgIpc) is 2.71. The number of carbonyl (C=O) groups is 2. The summed E-state index contributed by atoms with van der Waals surface area (Å²) in [5, 5.41) is 5.01. The van der Waals surface area contributed by atoms with Gasteiger partial charge in [0.1, 0.15) is 5.75 Å². The van der Waals surface area contributed by atoms with Crippen LogP contribution in [0.5, 0.6) is 11.8 Å². The van der Waals surface area contributed by atoms with E-state index in [9.17, 15) is 9.59 Å². The zero-order chi connectivity index (χ0) is 21.7. The summed E-state index contributed by atoms with van der Waals surface area (Å²) in [4.78, 5) is 34.8. The second-order valence-electron chi connectivity index (χ2n) is 6.59. The number of aryl methyl sites for hydroxylation is 1. The van der Waals surface area contributed by atoms with Crippen molar-refractivity contribution in [1.29, 1.82) is 0 Å². The van der Waals surface area contributed by atoms with Gasteiger partial charge in [-0.25, -0.2) is 14.8 Å². The molecule has 0 unspecified atom stereocenters. The fourth-order valence-electron chi connectivity index (χ4n) is 2.68. The van der Waals surface area contributed by atoms with E-state index < -0.39 is 11.9 Å². The van der Waals surface area contributed by atoms with E-state index in [0.717, 1.165) is 14.8 Å². The molecule has 0 atom stereocenters. The summed E-state index contributed by atoms with van der Waals surface area (Å²) in [5.74, 6) is 0.0856. The molecule has 3 rings (SSSR count). The van der Waals surface area contributed by atoms with Crippen molar-refractivity contribution in [2.24, 2.45) is 0 Å². The molecule has 2 N–H and O–H groups in total. The van der Waals surface area contributed by atoms with E-state index in [0.29, 0.717) is 17.0 Å². The summed E-state index contributed by atoms with van der Waals surface area (Å²) in [6, 6.07) is 11.8. The first kappa shape index (κ1) is 21.5. The highest BCUT2D eigenvalue weighted by Crippen LogP contribution is 2.25. The molecule has 0 radical (unpaired) electrons. The number of aromatic nitrogens is 2. The molecule has 9 heteroatoms. The monoisotopic (exact) mass is 517 g/mol. The molecule has 30 heavy (non-hydrogen) atoms. The van der Waals surface area contributed by atoms with Crippen LogP contribution >= 0.6 is 22.6 Å². The predicted octanol–water partition coefficient (Wildman–Crippen LogP) is 4.21. The Hall–Kier alpha value is -3.21. The summed E-state index contributed by atoms with van der Waals surface area (Å²) < 4.78 is 6.58. The van der Waals surface area contributed by atoms with E-state index in [2.05, 4.69) is 43.2 Å². The summed E-state index contributed by atoms with van der Waals surface area (Å²) in [6.07, 6.45) is 3.31. The van der Waals surface area contributed by atoms with Gasteiger partial charge >= 0.3 is 12.0 Å². The van der Waals surface area contributed by atoms with Crippen LogP contribution in [0.3, 0.4) is 0 Å². The molecule has 0 fully saturated rings. The number of carbonyl (C=O) groups excluding carboxylic acids is 2. The lowest BCUT2D eigenvalue weighted by atomic mass is 10.1. The molecule has 0 aliphatic heterocycles. The SMILES string of the molecule is Cc1cc(NC(=O)NC(=O)c2ccccc2N(C)C)ccc1Oc1ncc(I)cn1. The van der Waals surface area contributed by atoms with Crippen molar-refractivity contribution < 1.29 is 14.3 Å². The molecule has 0 aliphatic carbocycles. The van der Waals surface area contributed by atoms with Gasteiger partial charge in [0.15, 0.2) is 0 Å². The number of benzene rings is 2. The van der Waals surface area contributed by atoms with Crippen LogP contribution in [-0.2, 0) is 0 Å². The Bertz CT molecular complexity index is 1070. The number of nitrogens with zero attached hydrogens (tertiary/aromatic N) is 3. The number of urea groups is 1. The number of rotatable bonds is 5. The van der Waals surface area contributed by atoms with Gasteiger partial charge in [-0.15, -0.1) is 0 Å². The fraction of sp³-hybridized carbons (Fsp3) is 0.143. The smallest absolute Gasteiger partial charge is 0.326 e. The maximum atomic E-state index is 12.5. The Morgan fingerprint density at radius 2 is 1.77 bits per heavy atom. The average molecular weight is 517 g/mol. The standard InChI is InChI=1S/C21H20IN5O3/c1-13-10-15(8-9-18(13)30-21-23-11-14(22)12-24-21)25-20(29)26-19(28)16-6-4-5-7-17(16)27(2)3/h4-12H,1-3H3,(H2,25,26,28,29). The van der Waals surface area contributed by atoms with Crippen molar-refractivity contribution >= 4 is 45.9 Å². The molecular weight excluding hydrogens is 497 g/mol. The molecule has 0 spiro atoms. The minimum atomic E-state index is -0.623. The summed E-state index contributed by atoms with van der Waals surface area (Å²) in [7, 11) is 3.67. The molecule has 2 aromatic carbocycles. The maximum Gasteiger partial charge on any atom is 0.326 e. The number of imide groups is 1. The Morgan fingerprint density at radius 1 is 1.07 bits per heavy atom. The molecule has 154 valence electrons. The first-order chi connectivity index (χ1) is 14.3. The van der Waals surface area contributed by atoms with Gasteiger partial charge in [0.2, 0.25) is 0 Å². The molecule has 0 saturated carbocycles. The normalized spacial score (nSPS) is 10.3. The second kappa shape index (κ2) is 9.53. The van der Waals surface area contributed by atoms with Crippen molar-refractivity contribution in [3.8, 4) is 11.8 Å². The molecular formula is C21H20IN5O3. The Morgan fingerprint density at radius 3 is 2.43 bits per heavy atom. The maximum absolute atomic E-state index is 12.5. The number of hydrogen-bond donors (Lipinski definition) is 2. The molecule has 0 aliphatic rings. The Labute approximate surface area is 187 Å². The van der Waals surface area contributed by atoms with Crippen molar-refractivity contribution in [3.63, 3.8) is 0 Å². The van der Waals surface area contributed by atoms with Gasteiger partial charge in [-0.2, -0.15) is 0 Å². The molecule has 1 aromatic heterocycles. The van der Waals surface area contributed by atoms with Gasteiger partial charge in [0.05, 0.1) is 5.56 Å². The van der Waals surface area contributed by atoms with Crippen LogP contribution in [-0.4, -0.2) is 36.0 Å². The van der Waals surface area contributed by atoms with Crippen LogP contribution < -0.4 is 20.3 Å². The largest absolute Gasteiger partial charge is 0.424 e. The minimum Gasteiger partial charge on any atom is -0.424 e. The van der Waals surface area contributed by atoms with E-state index in [1.807, 2.05) is 38.1 Å². The lowest BCUT2D eigenvalue weighted by Crippen LogP contribution is -2.35. The predicted molar refractivity (Wildman–Crippen MR) is 123 cm³/mol. The highest BCUT2D eigenvalue weighted by Gasteiger charge is 2.15. The summed E-state index contributed by atoms with van der Waals surface area (Å²) in [5.41, 5.74) is 2.43. The third kappa shape index (κ3) is 5.44. The van der Waals surface area contributed by atoms with E-state index in [1.54, 1.807) is 42.7 Å². The van der Waals surface area contributed by atoms with E-state index >= 15 is 0 Å². The van der Waals surface area contributed by atoms with Crippen LogP contribution in [0, 0.1) is 10.5 Å². The number of nitrogens with one attached hydrogen (secondary N) is 2. The molecule has 0 bridgehead atoms. The Balaban J connectivity index is 1.65. The van der Waals surface area contributed by atoms with Gasteiger partial charge in [-0.3, -0.25) is 10.1 Å². The third-order valence-electron chi connectivity index (χ3n) is 4.09. The summed E-state index contributed by atoms with van der Waals surface area (Å²) >= 11 is 2.11. The number of ether oxygens (including phenoxy) is 1. The van der Waals surface area contributed by atoms with E-state index in [4.69, 9.17) is 4.74 Å². The van der Waals surface area contributed by atoms with Gasteiger partial charge in [-0.05, 0) is 65.4 Å². The zero-order valence-corrected chi connectivity index (χ0v) is 18.8. The quantitative estimate of drug-likeness (QED) is 0.493. The molecule has 3 aromatic rings. The minimum absolute atomic E-state index is 0.238. The van der Waals surface area contributed by atoms with Gasteiger partial charge in [0, 0.05) is 41.4 Å². The molecule has 0 saturated heterocycles. The van der Waals surface area contributed by atoms with Crippen molar-refractivity contribution in [1.82, 2.24) is 15.3 Å². The van der Waals surface area contributed by atoms with E-state index in [1.165, 1.54) is 0 Å². The first-order valence-corrected chi connectivity index (χ1v) is 10.1. The van der Waals surface area contributed by atoms with Crippen LogP contribution in [0.25, 0.3) is 0 Å². The molecule has 1 heterocycles. The van der Waals surface area contributed by atoms with Crippen LogP contribution in [0.15, 0.2) is 54.9 Å². The molecule has 3 amide bonds. The number of para-hydroxylation sites is 1. The fourth-order valence-corrected chi connectivity index (χ4v) is 2.96. The number of anilines is 2. The van der Waals surface area contributed by atoms with E-state index in [-0.39, 0.29) is 6.01 Å². The van der Waals surface area contributed by atoms with Crippen molar-refractivity contribution in [2.75, 3.05) is 24.3 Å². The second-order valence-corrected chi connectivity index (χ2v) is 7.83. The molecule has 8 nitrogen and oxygen atoms in total. The topological polar surface area (TPSA) is 96.5 Å². The van der Waals surface area contributed by atoms with Crippen LogP contribution in [0.2, 0.25) is 0 Å². The van der Waals surface area contributed by atoms with Crippen molar-refractivity contribution in [3.05, 3.63) is 69.6 Å². The number of halogens is 1. The van der Waals surface area contributed by atoms with Gasteiger partial charge in [-0.1, -0.05) is 12.1 Å².